The molecule has 0 saturated carbocycles. The molecule has 0 fully saturated rings. The van der Waals surface area contributed by atoms with Gasteiger partial charge in [-0.05, 0) is 28.1 Å². The number of nitrogens with zero attached hydrogens (tertiary/aromatic N) is 6. The summed E-state index contributed by atoms with van der Waals surface area (Å²) < 4.78 is 5.79. The Balaban J connectivity index is 1.38. The van der Waals surface area contributed by atoms with Crippen molar-refractivity contribution in [1.29, 1.82) is 0 Å². The molecule has 0 N–H and O–H groups in total. The molecule has 0 radical (unpaired) electrons. The second-order valence-electron chi connectivity index (χ2n) is 6.07. The van der Waals surface area contributed by atoms with Crippen LogP contribution < -0.4 is 0 Å². The lowest BCUT2D eigenvalue weighted by atomic mass is 10.1. The molecule has 27 heavy (non-hydrogen) atoms. The summed E-state index contributed by atoms with van der Waals surface area (Å²) in [7, 11) is 0. The van der Waals surface area contributed by atoms with E-state index in [0.29, 0.717) is 17.6 Å². The van der Waals surface area contributed by atoms with Crippen LogP contribution in [-0.2, 0) is 6.54 Å². The van der Waals surface area contributed by atoms with Gasteiger partial charge in [0.25, 0.3) is 0 Å². The fourth-order valence-corrected chi connectivity index (χ4v) is 2.89. The molecule has 7 nitrogen and oxygen atoms in total. The van der Waals surface area contributed by atoms with Crippen LogP contribution >= 0.6 is 0 Å². The van der Waals surface area contributed by atoms with Gasteiger partial charge in [0, 0.05) is 11.1 Å². The van der Waals surface area contributed by atoms with Crippen molar-refractivity contribution >= 4 is 10.8 Å². The Morgan fingerprint density at radius 1 is 0.741 bits per heavy atom. The lowest BCUT2D eigenvalue weighted by Gasteiger charge is -1.99. The summed E-state index contributed by atoms with van der Waals surface area (Å²) in [5.41, 5.74) is 1.79. The third-order valence-corrected chi connectivity index (χ3v) is 4.22. The van der Waals surface area contributed by atoms with Gasteiger partial charge in [-0.25, -0.2) is 0 Å². The molecule has 0 saturated heterocycles. The Bertz CT molecular complexity index is 1210. The second kappa shape index (κ2) is 6.45. The van der Waals surface area contributed by atoms with E-state index in [9.17, 15) is 0 Å². The predicted molar refractivity (Wildman–Crippen MR) is 99.6 cm³/mol. The van der Waals surface area contributed by atoms with Crippen molar-refractivity contribution < 1.29 is 4.42 Å². The first-order valence-corrected chi connectivity index (χ1v) is 8.50. The third kappa shape index (κ3) is 3.06. The van der Waals surface area contributed by atoms with Gasteiger partial charge in [-0.3, -0.25) is 0 Å². The topological polar surface area (TPSA) is 82.5 Å². The molecule has 0 atom stereocenters. The molecule has 0 bridgehead atoms. The number of benzene rings is 3. The van der Waals surface area contributed by atoms with Gasteiger partial charge >= 0.3 is 0 Å². The van der Waals surface area contributed by atoms with Gasteiger partial charge in [0.1, 0.15) is 6.54 Å². The van der Waals surface area contributed by atoms with Crippen molar-refractivity contribution in [3.05, 3.63) is 78.7 Å². The maximum atomic E-state index is 5.79. The maximum Gasteiger partial charge on any atom is 0.247 e. The predicted octanol–water partition coefficient (Wildman–Crippen LogP) is 3.59. The molecule has 2 aromatic heterocycles. The number of fused-ring (bicyclic) bond motifs is 1. The fraction of sp³-hybridized carbons (Fsp3) is 0.0500. The SMILES string of the molecule is c1ccc(-c2nnn(Cc3nnc(-c4ccc5ccccc5c4)o3)n2)cc1. The highest BCUT2D eigenvalue weighted by Gasteiger charge is 2.12. The summed E-state index contributed by atoms with van der Waals surface area (Å²) in [5.74, 6) is 1.46. The molecule has 0 spiro atoms. The molecule has 0 unspecified atom stereocenters. The molecule has 2 heterocycles. The molecule has 7 heteroatoms. The third-order valence-electron chi connectivity index (χ3n) is 4.22. The molecule has 3 aromatic carbocycles. The van der Waals surface area contributed by atoms with E-state index >= 15 is 0 Å². The summed E-state index contributed by atoms with van der Waals surface area (Å²) in [4.78, 5) is 1.44. The van der Waals surface area contributed by atoms with Crippen LogP contribution in [0.15, 0.2) is 77.2 Å². The average Bonchev–Trinajstić information content (AvgIpc) is 3.38. The summed E-state index contributed by atoms with van der Waals surface area (Å²) in [6.45, 7) is 0.264. The highest BCUT2D eigenvalue weighted by molar-refractivity contribution is 5.86. The monoisotopic (exact) mass is 354 g/mol. The molecule has 0 aliphatic heterocycles. The van der Waals surface area contributed by atoms with E-state index in [4.69, 9.17) is 4.42 Å². The normalized spacial score (nSPS) is 11.1. The summed E-state index contributed by atoms with van der Waals surface area (Å²) in [6.07, 6.45) is 0. The lowest BCUT2D eigenvalue weighted by molar-refractivity contribution is 0.446. The van der Waals surface area contributed by atoms with Crippen LogP contribution in [0, 0.1) is 0 Å². The van der Waals surface area contributed by atoms with E-state index in [1.165, 1.54) is 10.2 Å². The molecule has 0 aliphatic carbocycles. The fourth-order valence-electron chi connectivity index (χ4n) is 2.89. The Hall–Kier alpha value is -3.87. The van der Waals surface area contributed by atoms with Crippen LogP contribution in [0.5, 0.6) is 0 Å². The Morgan fingerprint density at radius 3 is 2.44 bits per heavy atom. The van der Waals surface area contributed by atoms with E-state index in [0.717, 1.165) is 16.5 Å². The van der Waals surface area contributed by atoms with Crippen molar-refractivity contribution in [3.8, 4) is 22.8 Å². The van der Waals surface area contributed by atoms with E-state index in [-0.39, 0.29) is 6.54 Å². The van der Waals surface area contributed by atoms with Crippen LogP contribution in [0.1, 0.15) is 5.89 Å². The Kier molecular flexibility index (Phi) is 3.68. The molecule has 0 aliphatic rings. The number of hydrogen-bond acceptors (Lipinski definition) is 6. The molecule has 0 amide bonds. The smallest absolute Gasteiger partial charge is 0.247 e. The summed E-state index contributed by atoms with van der Waals surface area (Å²) >= 11 is 0. The van der Waals surface area contributed by atoms with Gasteiger partial charge in [0.15, 0.2) is 0 Å². The Labute approximate surface area is 154 Å². The minimum absolute atomic E-state index is 0.264. The van der Waals surface area contributed by atoms with E-state index in [1.54, 1.807) is 0 Å². The van der Waals surface area contributed by atoms with Crippen molar-refractivity contribution in [2.45, 2.75) is 6.54 Å². The zero-order chi connectivity index (χ0) is 18.1. The molecule has 5 rings (SSSR count). The average molecular weight is 354 g/mol. The standard InChI is InChI=1S/C20H14N6O/c1-2-7-15(8-3-1)19-22-25-26(24-19)13-18-21-23-20(27-18)17-11-10-14-6-4-5-9-16(14)12-17/h1-12H,13H2. The lowest BCUT2D eigenvalue weighted by Crippen LogP contribution is -2.04. The van der Waals surface area contributed by atoms with Gasteiger partial charge in [-0.1, -0.05) is 60.7 Å². The highest BCUT2D eigenvalue weighted by atomic mass is 16.4. The number of hydrogen-bond donors (Lipinski definition) is 0. The minimum Gasteiger partial charge on any atom is -0.419 e. The molecule has 130 valence electrons. The first-order valence-electron chi connectivity index (χ1n) is 8.50. The van der Waals surface area contributed by atoms with Crippen LogP contribution in [0.25, 0.3) is 33.6 Å². The number of rotatable bonds is 4. The van der Waals surface area contributed by atoms with Crippen molar-refractivity contribution in [2.75, 3.05) is 0 Å². The van der Waals surface area contributed by atoms with Gasteiger partial charge < -0.3 is 4.42 Å². The minimum atomic E-state index is 0.264. The summed E-state index contributed by atoms with van der Waals surface area (Å²) in [6, 6.07) is 23.9. The number of aromatic nitrogens is 6. The van der Waals surface area contributed by atoms with Crippen LogP contribution in [0.3, 0.4) is 0 Å². The maximum absolute atomic E-state index is 5.79. The first-order chi connectivity index (χ1) is 13.3. The van der Waals surface area contributed by atoms with Crippen LogP contribution in [-0.4, -0.2) is 30.4 Å². The van der Waals surface area contributed by atoms with E-state index in [1.807, 2.05) is 60.7 Å². The van der Waals surface area contributed by atoms with Gasteiger partial charge in [-0.15, -0.1) is 20.4 Å². The van der Waals surface area contributed by atoms with Gasteiger partial charge in [0.05, 0.1) is 0 Å². The number of tetrazole rings is 1. The highest BCUT2D eigenvalue weighted by Crippen LogP contribution is 2.23. The first kappa shape index (κ1) is 15.4. The van der Waals surface area contributed by atoms with Gasteiger partial charge in [0.2, 0.25) is 17.6 Å². The van der Waals surface area contributed by atoms with E-state index < -0.39 is 0 Å². The van der Waals surface area contributed by atoms with Crippen LogP contribution in [0.2, 0.25) is 0 Å². The zero-order valence-corrected chi connectivity index (χ0v) is 14.2. The Morgan fingerprint density at radius 2 is 1.56 bits per heavy atom. The molecular weight excluding hydrogens is 340 g/mol. The quantitative estimate of drug-likeness (QED) is 0.490. The van der Waals surface area contributed by atoms with Crippen molar-refractivity contribution in [2.24, 2.45) is 0 Å². The summed E-state index contributed by atoms with van der Waals surface area (Å²) in [5, 5.41) is 23.0. The zero-order valence-electron chi connectivity index (χ0n) is 14.2. The molecular formula is C20H14N6O. The largest absolute Gasteiger partial charge is 0.419 e. The van der Waals surface area contributed by atoms with Gasteiger partial charge in [-0.2, -0.15) is 4.80 Å². The molecule has 5 aromatic rings. The van der Waals surface area contributed by atoms with Crippen molar-refractivity contribution in [3.63, 3.8) is 0 Å². The second-order valence-corrected chi connectivity index (χ2v) is 6.07. The van der Waals surface area contributed by atoms with Crippen molar-refractivity contribution in [1.82, 2.24) is 30.4 Å². The van der Waals surface area contributed by atoms with E-state index in [2.05, 4.69) is 37.7 Å². The van der Waals surface area contributed by atoms with Crippen LogP contribution in [0.4, 0.5) is 0 Å².